The zero-order valence-corrected chi connectivity index (χ0v) is 7.69. The van der Waals surface area contributed by atoms with Gasteiger partial charge in [-0.25, -0.2) is 0 Å². The number of carbonyl (C=O) groups excluding carboxylic acids is 1. The molecule has 62 valence electrons. The number of allylic oxidation sites excluding steroid dienone is 2. The minimum absolute atomic E-state index is 0.0244. The fraction of sp³-hybridized carbons (Fsp3) is 0.667. The average Bonchev–Trinajstić information content (AvgIpc) is 1.98. The third-order valence-corrected chi connectivity index (χ3v) is 2.99. The molecule has 0 radical (unpaired) electrons. The minimum Gasteiger partial charge on any atom is -0.303 e. The summed E-state index contributed by atoms with van der Waals surface area (Å²) in [4.78, 5) is 10.7. The van der Waals surface area contributed by atoms with Crippen molar-refractivity contribution in [1.29, 1.82) is 0 Å². The highest BCUT2D eigenvalue weighted by molar-refractivity contribution is 6.22. The van der Waals surface area contributed by atoms with Gasteiger partial charge < -0.3 is 4.79 Å². The number of hydrogen-bond acceptors (Lipinski definition) is 1. The topological polar surface area (TPSA) is 17.1 Å². The van der Waals surface area contributed by atoms with Gasteiger partial charge in [-0.2, -0.15) is 0 Å². The third-order valence-electron chi connectivity index (χ3n) is 2.32. The molecule has 1 nitrogen and oxygen atoms in total. The van der Waals surface area contributed by atoms with E-state index >= 15 is 0 Å². The van der Waals surface area contributed by atoms with Gasteiger partial charge in [-0.05, 0) is 19.8 Å². The van der Waals surface area contributed by atoms with Gasteiger partial charge >= 0.3 is 0 Å². The van der Waals surface area contributed by atoms with Crippen molar-refractivity contribution in [2.45, 2.75) is 32.1 Å². The molecule has 0 aromatic carbocycles. The van der Waals surface area contributed by atoms with Crippen molar-refractivity contribution in [1.82, 2.24) is 0 Å². The summed E-state index contributed by atoms with van der Waals surface area (Å²) in [5.41, 5.74) is 0.942. The summed E-state index contributed by atoms with van der Waals surface area (Å²) in [6.07, 6.45) is 4.73. The molecule has 0 saturated heterocycles. The van der Waals surface area contributed by atoms with Gasteiger partial charge in [0, 0.05) is 10.8 Å². The molecule has 0 spiro atoms. The van der Waals surface area contributed by atoms with Gasteiger partial charge in [-0.15, -0.1) is 11.6 Å². The fourth-order valence-corrected chi connectivity index (χ4v) is 1.69. The van der Waals surface area contributed by atoms with Crippen LogP contribution in [-0.4, -0.2) is 11.7 Å². The summed E-state index contributed by atoms with van der Waals surface area (Å²) >= 11 is 6.01. The first-order valence-electron chi connectivity index (χ1n) is 3.84. The Labute approximate surface area is 72.4 Å². The molecule has 0 amide bonds. The highest BCUT2D eigenvalue weighted by Gasteiger charge is 2.34. The molecule has 0 aromatic heterocycles. The number of halogens is 1. The number of aldehydes is 1. The highest BCUT2D eigenvalue weighted by Crippen LogP contribution is 2.37. The maximum Gasteiger partial charge on any atom is 0.127 e. The average molecular weight is 173 g/mol. The Kier molecular flexibility index (Phi) is 2.38. The van der Waals surface area contributed by atoms with Crippen LogP contribution in [-0.2, 0) is 4.79 Å². The Morgan fingerprint density at radius 3 is 2.91 bits per heavy atom. The van der Waals surface area contributed by atoms with Crippen LogP contribution in [0.4, 0.5) is 0 Å². The van der Waals surface area contributed by atoms with E-state index in [1.165, 1.54) is 5.57 Å². The molecule has 1 aliphatic rings. The molecule has 0 aromatic rings. The fourth-order valence-electron chi connectivity index (χ4n) is 1.47. The Bertz CT molecular complexity index is 198. The summed E-state index contributed by atoms with van der Waals surface area (Å²) in [5.74, 6) is 0. The Balaban J connectivity index is 2.82. The highest BCUT2D eigenvalue weighted by atomic mass is 35.5. The maximum absolute atomic E-state index is 10.7. The smallest absolute Gasteiger partial charge is 0.127 e. The molecule has 0 saturated carbocycles. The van der Waals surface area contributed by atoms with Crippen LogP contribution in [0.2, 0.25) is 0 Å². The van der Waals surface area contributed by atoms with Crippen LogP contribution >= 0.6 is 11.6 Å². The van der Waals surface area contributed by atoms with E-state index in [1.54, 1.807) is 0 Å². The van der Waals surface area contributed by atoms with Gasteiger partial charge in [-0.1, -0.05) is 18.6 Å². The molecule has 11 heavy (non-hydrogen) atoms. The number of alkyl halides is 1. The van der Waals surface area contributed by atoms with Crippen LogP contribution in [0.5, 0.6) is 0 Å². The summed E-state index contributed by atoms with van der Waals surface area (Å²) in [5, 5.41) is -0.0244. The van der Waals surface area contributed by atoms with Crippen molar-refractivity contribution in [3.8, 4) is 0 Å². The quantitative estimate of drug-likeness (QED) is 0.338. The largest absolute Gasteiger partial charge is 0.303 e. The molecule has 0 heterocycles. The standard InChI is InChI=1S/C9H13ClO/c1-7-3-4-8(10)9(2,5-7)6-11/h3,6,8H,4-5H2,1-2H3. The zero-order valence-electron chi connectivity index (χ0n) is 6.93. The molecule has 0 fully saturated rings. The predicted molar refractivity (Wildman–Crippen MR) is 46.8 cm³/mol. The van der Waals surface area contributed by atoms with Crippen LogP contribution in [0.1, 0.15) is 26.7 Å². The van der Waals surface area contributed by atoms with Gasteiger partial charge in [-0.3, -0.25) is 0 Å². The first kappa shape index (κ1) is 8.79. The lowest BCUT2D eigenvalue weighted by molar-refractivity contribution is -0.115. The van der Waals surface area contributed by atoms with Crippen molar-refractivity contribution >= 4 is 17.9 Å². The maximum atomic E-state index is 10.7. The number of hydrogen-bond donors (Lipinski definition) is 0. The van der Waals surface area contributed by atoms with E-state index in [1.807, 2.05) is 13.8 Å². The molecular weight excluding hydrogens is 160 g/mol. The van der Waals surface area contributed by atoms with Gasteiger partial charge in [0.2, 0.25) is 0 Å². The first-order chi connectivity index (χ1) is 5.08. The zero-order chi connectivity index (χ0) is 8.48. The van der Waals surface area contributed by atoms with Crippen molar-refractivity contribution in [2.75, 3.05) is 0 Å². The van der Waals surface area contributed by atoms with E-state index in [-0.39, 0.29) is 10.8 Å². The number of carbonyl (C=O) groups is 1. The van der Waals surface area contributed by atoms with E-state index in [0.717, 1.165) is 19.1 Å². The van der Waals surface area contributed by atoms with E-state index in [9.17, 15) is 4.79 Å². The molecule has 0 N–H and O–H groups in total. The van der Waals surface area contributed by atoms with Crippen LogP contribution in [0.25, 0.3) is 0 Å². The first-order valence-corrected chi connectivity index (χ1v) is 4.28. The second kappa shape index (κ2) is 2.98. The summed E-state index contributed by atoms with van der Waals surface area (Å²) < 4.78 is 0. The predicted octanol–water partition coefficient (Wildman–Crippen LogP) is 2.54. The Hall–Kier alpha value is -0.300. The molecule has 1 rings (SSSR count). The molecule has 2 heteroatoms. The van der Waals surface area contributed by atoms with Crippen LogP contribution < -0.4 is 0 Å². The van der Waals surface area contributed by atoms with Crippen molar-refractivity contribution in [2.24, 2.45) is 5.41 Å². The van der Waals surface area contributed by atoms with E-state index < -0.39 is 0 Å². The molecule has 0 aliphatic heterocycles. The SMILES string of the molecule is CC1=CCC(Cl)C(C)(C=O)C1. The molecule has 0 bridgehead atoms. The third kappa shape index (κ3) is 1.64. The molecule has 2 atom stereocenters. The lowest BCUT2D eigenvalue weighted by atomic mass is 9.77. The monoisotopic (exact) mass is 172 g/mol. The summed E-state index contributed by atoms with van der Waals surface area (Å²) in [6, 6.07) is 0. The van der Waals surface area contributed by atoms with E-state index in [0.29, 0.717) is 0 Å². The minimum atomic E-state index is -0.333. The Morgan fingerprint density at radius 1 is 1.82 bits per heavy atom. The van der Waals surface area contributed by atoms with Crippen LogP contribution in [0.15, 0.2) is 11.6 Å². The van der Waals surface area contributed by atoms with Crippen LogP contribution in [0, 0.1) is 5.41 Å². The summed E-state index contributed by atoms with van der Waals surface area (Å²) in [6.45, 7) is 3.97. The summed E-state index contributed by atoms with van der Waals surface area (Å²) in [7, 11) is 0. The van der Waals surface area contributed by atoms with Crippen molar-refractivity contribution < 1.29 is 4.79 Å². The van der Waals surface area contributed by atoms with Gasteiger partial charge in [0.1, 0.15) is 6.29 Å². The van der Waals surface area contributed by atoms with Crippen LogP contribution in [0.3, 0.4) is 0 Å². The molecule has 1 aliphatic carbocycles. The van der Waals surface area contributed by atoms with Gasteiger partial charge in [0.05, 0.1) is 0 Å². The van der Waals surface area contributed by atoms with Crippen molar-refractivity contribution in [3.63, 3.8) is 0 Å². The Morgan fingerprint density at radius 2 is 2.45 bits per heavy atom. The van der Waals surface area contributed by atoms with Crippen molar-refractivity contribution in [3.05, 3.63) is 11.6 Å². The number of rotatable bonds is 1. The lowest BCUT2D eigenvalue weighted by Gasteiger charge is -2.31. The van der Waals surface area contributed by atoms with E-state index in [2.05, 4.69) is 6.08 Å². The van der Waals surface area contributed by atoms with Gasteiger partial charge in [0.25, 0.3) is 0 Å². The second-order valence-electron chi connectivity index (χ2n) is 3.55. The van der Waals surface area contributed by atoms with Gasteiger partial charge in [0.15, 0.2) is 0 Å². The second-order valence-corrected chi connectivity index (χ2v) is 4.08. The molecule has 2 unspecified atom stereocenters. The normalized spacial score (nSPS) is 38.1. The van der Waals surface area contributed by atoms with E-state index in [4.69, 9.17) is 11.6 Å². The molecular formula is C9H13ClO. The lowest BCUT2D eigenvalue weighted by Crippen LogP contribution is -2.32.